The molecule has 0 aromatic heterocycles. The number of carbonyl (C=O) groups excluding carboxylic acids is 2. The Labute approximate surface area is 141 Å². The second-order valence-corrected chi connectivity index (χ2v) is 6.85. The topological polar surface area (TPSA) is 70.2 Å². The van der Waals surface area contributed by atoms with E-state index in [1.54, 1.807) is 13.1 Å². The van der Waals surface area contributed by atoms with Crippen LogP contribution in [0.4, 0.5) is 5.69 Å². The van der Waals surface area contributed by atoms with E-state index >= 15 is 0 Å². The van der Waals surface area contributed by atoms with Gasteiger partial charge in [-0.15, -0.1) is 0 Å². The summed E-state index contributed by atoms with van der Waals surface area (Å²) in [5.41, 5.74) is 1.21. The number of benzene rings is 1. The van der Waals surface area contributed by atoms with Crippen LogP contribution in [-0.2, 0) is 16.0 Å². The van der Waals surface area contributed by atoms with Gasteiger partial charge in [-0.1, -0.05) is 30.9 Å². The van der Waals surface area contributed by atoms with Crippen LogP contribution in [0, 0.1) is 0 Å². The summed E-state index contributed by atoms with van der Waals surface area (Å²) >= 11 is 6.01. The van der Waals surface area contributed by atoms with Crippen LogP contribution in [0.25, 0.3) is 0 Å². The molecule has 1 atom stereocenters. The Hall–Kier alpha value is -1.75. The highest BCUT2D eigenvalue weighted by atomic mass is 35.5. The highest BCUT2D eigenvalue weighted by Crippen LogP contribution is 2.31. The molecule has 1 saturated carbocycles. The van der Waals surface area contributed by atoms with Crippen LogP contribution < -0.4 is 16.0 Å². The molecule has 3 rings (SSSR count). The quantitative estimate of drug-likeness (QED) is 0.793. The van der Waals surface area contributed by atoms with Crippen LogP contribution in [0.1, 0.15) is 37.7 Å². The minimum absolute atomic E-state index is 0.0934. The molecule has 0 bridgehead atoms. The zero-order chi connectivity index (χ0) is 16.4. The first-order valence-electron chi connectivity index (χ1n) is 8.13. The van der Waals surface area contributed by atoms with Gasteiger partial charge < -0.3 is 16.0 Å². The lowest BCUT2D eigenvalue weighted by atomic mass is 9.80. The summed E-state index contributed by atoms with van der Waals surface area (Å²) in [5.74, 6) is -0.216. The largest absolute Gasteiger partial charge is 0.373 e. The zero-order valence-corrected chi connectivity index (χ0v) is 14.0. The fourth-order valence-electron chi connectivity index (χ4n) is 3.62. The van der Waals surface area contributed by atoms with E-state index in [4.69, 9.17) is 11.6 Å². The summed E-state index contributed by atoms with van der Waals surface area (Å²) in [6.45, 7) is 0. The van der Waals surface area contributed by atoms with Gasteiger partial charge >= 0.3 is 0 Å². The Morgan fingerprint density at radius 2 is 2.00 bits per heavy atom. The van der Waals surface area contributed by atoms with Crippen molar-refractivity contribution in [3.63, 3.8) is 0 Å². The third kappa shape index (κ3) is 3.15. The number of halogens is 1. The lowest BCUT2D eigenvalue weighted by Crippen LogP contribution is -2.61. The third-order valence-electron chi connectivity index (χ3n) is 4.87. The Balaban J connectivity index is 1.72. The Morgan fingerprint density at radius 3 is 2.70 bits per heavy atom. The Kier molecular flexibility index (Phi) is 4.48. The molecule has 0 radical (unpaired) electrons. The second kappa shape index (κ2) is 6.40. The van der Waals surface area contributed by atoms with Crippen LogP contribution in [0.15, 0.2) is 18.2 Å². The fraction of sp³-hybridized carbons (Fsp3) is 0.529. The van der Waals surface area contributed by atoms with Crippen LogP contribution in [-0.4, -0.2) is 30.4 Å². The van der Waals surface area contributed by atoms with Crippen molar-refractivity contribution in [1.29, 1.82) is 0 Å². The molecule has 124 valence electrons. The van der Waals surface area contributed by atoms with Gasteiger partial charge in [0.25, 0.3) is 0 Å². The average molecular weight is 336 g/mol. The molecule has 2 amide bonds. The smallest absolute Gasteiger partial charge is 0.245 e. The van der Waals surface area contributed by atoms with Gasteiger partial charge in [0.1, 0.15) is 11.6 Å². The highest BCUT2D eigenvalue weighted by molar-refractivity contribution is 6.30. The summed E-state index contributed by atoms with van der Waals surface area (Å²) in [7, 11) is 1.62. The first-order valence-corrected chi connectivity index (χ1v) is 8.51. The SMILES string of the molecule is CNC(=O)C1(NC(=O)[C@@H]2Cc3cc(Cl)ccc3N2)CCCCC1. The normalized spacial score (nSPS) is 21.9. The van der Waals surface area contributed by atoms with E-state index in [0.29, 0.717) is 24.3 Å². The van der Waals surface area contributed by atoms with Crippen molar-refractivity contribution in [2.24, 2.45) is 0 Å². The summed E-state index contributed by atoms with van der Waals surface area (Å²) in [6, 6.07) is 5.22. The van der Waals surface area contributed by atoms with Crippen LogP contribution in [0.5, 0.6) is 0 Å². The second-order valence-electron chi connectivity index (χ2n) is 6.41. The number of fused-ring (bicyclic) bond motifs is 1. The van der Waals surface area contributed by atoms with Gasteiger partial charge in [0.15, 0.2) is 0 Å². The summed E-state index contributed by atoms with van der Waals surface area (Å²) in [5, 5.41) is 9.62. The minimum atomic E-state index is -0.766. The van der Waals surface area contributed by atoms with E-state index in [1.807, 2.05) is 12.1 Å². The first kappa shape index (κ1) is 16.1. The van der Waals surface area contributed by atoms with Gasteiger partial charge in [-0.3, -0.25) is 9.59 Å². The lowest BCUT2D eigenvalue weighted by molar-refractivity contribution is -0.135. The number of hydrogen-bond donors (Lipinski definition) is 3. The van der Waals surface area contributed by atoms with Crippen molar-refractivity contribution < 1.29 is 9.59 Å². The maximum absolute atomic E-state index is 12.7. The van der Waals surface area contributed by atoms with E-state index in [1.165, 1.54) is 0 Å². The zero-order valence-electron chi connectivity index (χ0n) is 13.2. The standard InChI is InChI=1S/C17H22ClN3O2/c1-19-16(23)17(7-3-2-4-8-17)21-15(22)14-10-11-9-12(18)5-6-13(11)20-14/h5-6,9,14,20H,2-4,7-8,10H2,1H3,(H,19,23)(H,21,22)/t14-/m0/s1. The van der Waals surface area contributed by atoms with E-state index in [2.05, 4.69) is 16.0 Å². The number of anilines is 1. The molecule has 1 aliphatic carbocycles. The fourth-order valence-corrected chi connectivity index (χ4v) is 3.81. The summed E-state index contributed by atoms with van der Waals surface area (Å²) in [4.78, 5) is 25.0. The highest BCUT2D eigenvalue weighted by Gasteiger charge is 2.42. The molecule has 1 heterocycles. The van der Waals surface area contributed by atoms with Gasteiger partial charge in [-0.05, 0) is 36.6 Å². The monoisotopic (exact) mass is 335 g/mol. The van der Waals surface area contributed by atoms with Crippen LogP contribution in [0.2, 0.25) is 5.02 Å². The molecule has 1 aromatic rings. The van der Waals surface area contributed by atoms with E-state index in [9.17, 15) is 9.59 Å². The number of nitrogens with one attached hydrogen (secondary N) is 3. The molecule has 2 aliphatic rings. The predicted molar refractivity (Wildman–Crippen MR) is 90.6 cm³/mol. The minimum Gasteiger partial charge on any atom is -0.373 e. The number of carbonyl (C=O) groups is 2. The van der Waals surface area contributed by atoms with Gasteiger partial charge in [-0.25, -0.2) is 0 Å². The predicted octanol–water partition coefficient (Wildman–Crippen LogP) is 2.24. The van der Waals surface area contributed by atoms with Crippen molar-refractivity contribution >= 4 is 29.1 Å². The van der Waals surface area contributed by atoms with Crippen molar-refractivity contribution in [2.45, 2.75) is 50.1 Å². The molecule has 23 heavy (non-hydrogen) atoms. The molecular weight excluding hydrogens is 314 g/mol. The average Bonchev–Trinajstić information content (AvgIpc) is 2.98. The van der Waals surface area contributed by atoms with Gasteiger partial charge in [0.05, 0.1) is 0 Å². The third-order valence-corrected chi connectivity index (χ3v) is 5.10. The molecule has 1 aromatic carbocycles. The molecule has 1 aliphatic heterocycles. The molecule has 0 saturated heterocycles. The maximum atomic E-state index is 12.7. The maximum Gasteiger partial charge on any atom is 0.245 e. The molecule has 0 spiro atoms. The molecule has 6 heteroatoms. The van der Waals surface area contributed by atoms with Crippen LogP contribution >= 0.6 is 11.6 Å². The lowest BCUT2D eigenvalue weighted by Gasteiger charge is -2.37. The number of rotatable bonds is 3. The van der Waals surface area contributed by atoms with Crippen molar-refractivity contribution in [1.82, 2.24) is 10.6 Å². The molecular formula is C17H22ClN3O2. The summed E-state index contributed by atoms with van der Waals surface area (Å²) in [6.07, 6.45) is 5.02. The van der Waals surface area contributed by atoms with E-state index < -0.39 is 5.54 Å². The van der Waals surface area contributed by atoms with Crippen molar-refractivity contribution in [3.8, 4) is 0 Å². The van der Waals surface area contributed by atoms with Gasteiger partial charge in [0.2, 0.25) is 11.8 Å². The number of amides is 2. The Bertz CT molecular complexity index is 626. The first-order chi connectivity index (χ1) is 11.0. The van der Waals surface area contributed by atoms with Crippen molar-refractivity contribution in [2.75, 3.05) is 12.4 Å². The molecule has 0 unspecified atom stereocenters. The number of hydrogen-bond acceptors (Lipinski definition) is 3. The van der Waals surface area contributed by atoms with E-state index in [-0.39, 0.29) is 17.9 Å². The van der Waals surface area contributed by atoms with E-state index in [0.717, 1.165) is 30.5 Å². The molecule has 1 fully saturated rings. The van der Waals surface area contributed by atoms with Crippen LogP contribution in [0.3, 0.4) is 0 Å². The van der Waals surface area contributed by atoms with Gasteiger partial charge in [-0.2, -0.15) is 0 Å². The van der Waals surface area contributed by atoms with Gasteiger partial charge in [0, 0.05) is 24.2 Å². The molecule has 5 nitrogen and oxygen atoms in total. The number of likely N-dealkylation sites (N-methyl/N-ethyl adjacent to an activating group) is 1. The summed E-state index contributed by atoms with van der Waals surface area (Å²) < 4.78 is 0. The molecule has 3 N–H and O–H groups in total. The Morgan fingerprint density at radius 1 is 1.26 bits per heavy atom. The van der Waals surface area contributed by atoms with Crippen molar-refractivity contribution in [3.05, 3.63) is 28.8 Å².